The first-order chi connectivity index (χ1) is 10.0. The third kappa shape index (κ3) is 3.53. The van der Waals surface area contributed by atoms with Crippen LogP contribution in [0.4, 0.5) is 11.4 Å². The quantitative estimate of drug-likeness (QED) is 0.735. The van der Waals surface area contributed by atoms with E-state index in [0.29, 0.717) is 23.7 Å². The molecule has 6 heteroatoms. The number of nitrogens with one attached hydrogen (secondary N) is 2. The van der Waals surface area contributed by atoms with Gasteiger partial charge in [-0.1, -0.05) is 0 Å². The van der Waals surface area contributed by atoms with E-state index in [9.17, 15) is 4.79 Å². The lowest BCUT2D eigenvalue weighted by Crippen LogP contribution is -2.22. The second kappa shape index (κ2) is 6.30. The molecule has 4 N–H and O–H groups in total. The molecule has 0 saturated heterocycles. The van der Waals surface area contributed by atoms with Crippen molar-refractivity contribution >= 4 is 17.3 Å². The minimum atomic E-state index is -0.132. The van der Waals surface area contributed by atoms with Gasteiger partial charge in [-0.2, -0.15) is 0 Å². The Bertz CT molecular complexity index is 636. The van der Waals surface area contributed by atoms with Crippen LogP contribution in [0.1, 0.15) is 41.9 Å². The SMILES string of the molecule is CCNC(=O)c1ccc(NC(C)c2ncc(C)o2)c(N)c1. The lowest BCUT2D eigenvalue weighted by molar-refractivity contribution is 0.0956. The van der Waals surface area contributed by atoms with E-state index in [-0.39, 0.29) is 11.9 Å². The highest BCUT2D eigenvalue weighted by Crippen LogP contribution is 2.25. The summed E-state index contributed by atoms with van der Waals surface area (Å²) >= 11 is 0. The number of nitrogens with zero attached hydrogens (tertiary/aromatic N) is 1. The van der Waals surface area contributed by atoms with Crippen molar-refractivity contribution in [1.82, 2.24) is 10.3 Å². The zero-order chi connectivity index (χ0) is 15.4. The summed E-state index contributed by atoms with van der Waals surface area (Å²) in [5.41, 5.74) is 7.78. The summed E-state index contributed by atoms with van der Waals surface area (Å²) in [6.45, 7) is 6.23. The van der Waals surface area contributed by atoms with Gasteiger partial charge in [-0.15, -0.1) is 0 Å². The third-order valence-corrected chi connectivity index (χ3v) is 3.03. The van der Waals surface area contributed by atoms with Crippen LogP contribution in [-0.4, -0.2) is 17.4 Å². The molecule has 1 aromatic carbocycles. The average Bonchev–Trinajstić information content (AvgIpc) is 2.88. The van der Waals surface area contributed by atoms with Crippen LogP contribution in [0.3, 0.4) is 0 Å². The van der Waals surface area contributed by atoms with Crippen molar-refractivity contribution in [3.63, 3.8) is 0 Å². The largest absolute Gasteiger partial charge is 0.444 e. The lowest BCUT2D eigenvalue weighted by atomic mass is 10.1. The van der Waals surface area contributed by atoms with E-state index in [1.807, 2.05) is 20.8 Å². The van der Waals surface area contributed by atoms with Crippen LogP contribution in [0, 0.1) is 6.92 Å². The molecule has 112 valence electrons. The first-order valence-electron chi connectivity index (χ1n) is 6.87. The molecule has 2 rings (SSSR count). The van der Waals surface area contributed by atoms with Crippen LogP contribution in [0.15, 0.2) is 28.8 Å². The molecule has 21 heavy (non-hydrogen) atoms. The number of nitrogen functional groups attached to an aromatic ring is 1. The Hall–Kier alpha value is -2.50. The number of amides is 1. The molecule has 0 aliphatic rings. The maximum absolute atomic E-state index is 11.7. The van der Waals surface area contributed by atoms with E-state index in [1.165, 1.54) is 0 Å². The van der Waals surface area contributed by atoms with Crippen molar-refractivity contribution in [2.45, 2.75) is 26.8 Å². The van der Waals surface area contributed by atoms with Gasteiger partial charge in [0.25, 0.3) is 5.91 Å². The van der Waals surface area contributed by atoms with E-state index in [4.69, 9.17) is 10.2 Å². The number of oxazole rings is 1. The van der Waals surface area contributed by atoms with Crippen molar-refractivity contribution in [1.29, 1.82) is 0 Å². The molecule has 0 fully saturated rings. The van der Waals surface area contributed by atoms with Gasteiger partial charge in [-0.3, -0.25) is 4.79 Å². The fourth-order valence-corrected chi connectivity index (χ4v) is 1.97. The normalized spacial score (nSPS) is 12.0. The molecule has 1 heterocycles. The van der Waals surface area contributed by atoms with Gasteiger partial charge in [0.1, 0.15) is 11.8 Å². The Balaban J connectivity index is 2.12. The number of hydrogen-bond donors (Lipinski definition) is 3. The number of aromatic nitrogens is 1. The molecule has 1 amide bonds. The fraction of sp³-hybridized carbons (Fsp3) is 0.333. The maximum Gasteiger partial charge on any atom is 0.251 e. The van der Waals surface area contributed by atoms with E-state index in [1.54, 1.807) is 24.4 Å². The fourth-order valence-electron chi connectivity index (χ4n) is 1.97. The van der Waals surface area contributed by atoms with Crippen molar-refractivity contribution in [3.05, 3.63) is 41.6 Å². The molecular weight excluding hydrogens is 268 g/mol. The van der Waals surface area contributed by atoms with Crippen LogP contribution in [-0.2, 0) is 0 Å². The van der Waals surface area contributed by atoms with Gasteiger partial charge < -0.3 is 20.8 Å². The second-order valence-electron chi connectivity index (χ2n) is 4.84. The zero-order valence-corrected chi connectivity index (χ0v) is 12.4. The number of carbonyl (C=O) groups is 1. The molecule has 0 aliphatic carbocycles. The highest BCUT2D eigenvalue weighted by atomic mass is 16.4. The number of nitrogens with two attached hydrogens (primary N) is 1. The summed E-state index contributed by atoms with van der Waals surface area (Å²) < 4.78 is 5.47. The molecule has 0 aliphatic heterocycles. The number of carbonyl (C=O) groups excluding carboxylic acids is 1. The minimum Gasteiger partial charge on any atom is -0.444 e. The second-order valence-corrected chi connectivity index (χ2v) is 4.84. The van der Waals surface area contributed by atoms with Gasteiger partial charge in [-0.25, -0.2) is 4.98 Å². The smallest absolute Gasteiger partial charge is 0.251 e. The van der Waals surface area contributed by atoms with Gasteiger partial charge in [0.15, 0.2) is 0 Å². The average molecular weight is 288 g/mol. The lowest BCUT2D eigenvalue weighted by Gasteiger charge is -2.14. The molecule has 1 aromatic heterocycles. The highest BCUT2D eigenvalue weighted by Gasteiger charge is 2.13. The van der Waals surface area contributed by atoms with E-state index >= 15 is 0 Å². The molecule has 1 unspecified atom stereocenters. The van der Waals surface area contributed by atoms with Crippen LogP contribution >= 0.6 is 0 Å². The predicted octanol–water partition coefficient (Wildman–Crippen LogP) is 2.49. The topological polar surface area (TPSA) is 93.2 Å². The van der Waals surface area contributed by atoms with Crippen molar-refractivity contribution in [3.8, 4) is 0 Å². The van der Waals surface area contributed by atoms with Crippen LogP contribution in [0.2, 0.25) is 0 Å². The zero-order valence-electron chi connectivity index (χ0n) is 12.4. The van der Waals surface area contributed by atoms with Crippen molar-refractivity contribution < 1.29 is 9.21 Å². The molecule has 0 radical (unpaired) electrons. The summed E-state index contributed by atoms with van der Waals surface area (Å²) in [4.78, 5) is 15.9. The molecule has 0 bridgehead atoms. The number of hydrogen-bond acceptors (Lipinski definition) is 5. The highest BCUT2D eigenvalue weighted by molar-refractivity contribution is 5.96. The van der Waals surface area contributed by atoms with Gasteiger partial charge in [0, 0.05) is 12.1 Å². The minimum absolute atomic E-state index is 0.115. The van der Waals surface area contributed by atoms with E-state index in [2.05, 4.69) is 15.6 Å². The number of benzene rings is 1. The Morgan fingerprint density at radius 1 is 1.48 bits per heavy atom. The Morgan fingerprint density at radius 2 is 2.24 bits per heavy atom. The van der Waals surface area contributed by atoms with Gasteiger partial charge in [0.2, 0.25) is 5.89 Å². The molecular formula is C15H20N4O2. The third-order valence-electron chi connectivity index (χ3n) is 3.03. The summed E-state index contributed by atoms with van der Waals surface area (Å²) in [5, 5.41) is 5.96. The Kier molecular flexibility index (Phi) is 4.47. The molecule has 1 atom stereocenters. The predicted molar refractivity (Wildman–Crippen MR) is 82.1 cm³/mol. The van der Waals surface area contributed by atoms with Crippen LogP contribution in [0.5, 0.6) is 0 Å². The number of anilines is 2. The molecule has 0 spiro atoms. The van der Waals surface area contributed by atoms with E-state index in [0.717, 1.165) is 11.4 Å². The summed E-state index contributed by atoms with van der Waals surface area (Å²) in [6, 6.07) is 5.06. The summed E-state index contributed by atoms with van der Waals surface area (Å²) in [6.07, 6.45) is 1.68. The van der Waals surface area contributed by atoms with Gasteiger partial charge >= 0.3 is 0 Å². The number of rotatable bonds is 5. The summed E-state index contributed by atoms with van der Waals surface area (Å²) in [5.74, 6) is 1.23. The first-order valence-corrected chi connectivity index (χ1v) is 6.87. The number of aryl methyl sites for hydroxylation is 1. The van der Waals surface area contributed by atoms with Gasteiger partial charge in [0.05, 0.1) is 17.6 Å². The van der Waals surface area contributed by atoms with Crippen LogP contribution < -0.4 is 16.4 Å². The summed E-state index contributed by atoms with van der Waals surface area (Å²) in [7, 11) is 0. The van der Waals surface area contributed by atoms with E-state index < -0.39 is 0 Å². The van der Waals surface area contributed by atoms with Crippen molar-refractivity contribution in [2.75, 3.05) is 17.6 Å². The van der Waals surface area contributed by atoms with Gasteiger partial charge in [-0.05, 0) is 39.0 Å². The van der Waals surface area contributed by atoms with Crippen molar-refractivity contribution in [2.24, 2.45) is 0 Å². The molecule has 6 nitrogen and oxygen atoms in total. The first kappa shape index (κ1) is 14.9. The maximum atomic E-state index is 11.7. The Labute approximate surface area is 123 Å². The Morgan fingerprint density at radius 3 is 2.81 bits per heavy atom. The molecule has 0 saturated carbocycles. The monoisotopic (exact) mass is 288 g/mol. The standard InChI is InChI=1S/C15H20N4O2/c1-4-17-14(20)11-5-6-13(12(16)7-11)19-10(3)15-18-8-9(2)21-15/h5-8,10,19H,4,16H2,1-3H3,(H,17,20). The molecule has 2 aromatic rings. The van der Waals surface area contributed by atoms with Crippen LogP contribution in [0.25, 0.3) is 0 Å².